The normalized spacial score (nSPS) is 11.2. The lowest BCUT2D eigenvalue weighted by atomic mass is 10.1. The molecule has 0 amide bonds. The molecule has 3 N–H and O–H groups in total. The van der Waals surface area contributed by atoms with Crippen molar-refractivity contribution in [1.82, 2.24) is 4.90 Å². The molecule has 1 aromatic rings. The molecule has 0 aliphatic rings. The second-order valence-corrected chi connectivity index (χ2v) is 4.80. The van der Waals surface area contributed by atoms with E-state index < -0.39 is 4.92 Å². The zero-order valence-corrected chi connectivity index (χ0v) is 12.1. The molecule has 1 rings (SSSR count). The molecule has 0 fully saturated rings. The van der Waals surface area contributed by atoms with Gasteiger partial charge in [0.1, 0.15) is 0 Å². The molecule has 1 aromatic carbocycles. The fraction of sp³-hybridized carbons (Fsp3) is 0.571. The summed E-state index contributed by atoms with van der Waals surface area (Å²) in [4.78, 5) is 12.5. The fourth-order valence-electron chi connectivity index (χ4n) is 2.39. The maximum atomic E-state index is 10.8. The van der Waals surface area contributed by atoms with Gasteiger partial charge < -0.3 is 10.8 Å². The summed E-state index contributed by atoms with van der Waals surface area (Å²) in [7, 11) is 0. The van der Waals surface area contributed by atoms with E-state index in [1.54, 1.807) is 6.07 Å². The molecular formula is C14H23N3O3. The van der Waals surface area contributed by atoms with Gasteiger partial charge in [-0.2, -0.15) is 0 Å². The average Bonchev–Trinajstić information content (AvgIpc) is 2.42. The minimum absolute atomic E-state index is 0.0442. The zero-order valence-electron chi connectivity index (χ0n) is 12.1. The Bertz CT molecular complexity index is 447. The van der Waals surface area contributed by atoms with E-state index in [2.05, 4.69) is 18.7 Å². The molecule has 0 aliphatic carbocycles. The summed E-state index contributed by atoms with van der Waals surface area (Å²) in [6, 6.07) is 4.83. The number of benzene rings is 1. The Morgan fingerprint density at radius 2 is 2.05 bits per heavy atom. The van der Waals surface area contributed by atoms with Gasteiger partial charge in [-0.25, -0.2) is 0 Å². The van der Waals surface area contributed by atoms with Crippen LogP contribution in [0.25, 0.3) is 0 Å². The van der Waals surface area contributed by atoms with Gasteiger partial charge in [0.05, 0.1) is 11.5 Å². The van der Waals surface area contributed by atoms with Crippen LogP contribution in [0.3, 0.4) is 0 Å². The van der Waals surface area contributed by atoms with Gasteiger partial charge in [0.25, 0.3) is 5.69 Å². The molecule has 0 spiro atoms. The third-order valence-electron chi connectivity index (χ3n) is 3.56. The van der Waals surface area contributed by atoms with E-state index in [0.29, 0.717) is 24.8 Å². The number of nitrogens with zero attached hydrogens (tertiary/aromatic N) is 2. The molecule has 0 aromatic heterocycles. The average molecular weight is 281 g/mol. The minimum Gasteiger partial charge on any atom is -0.398 e. The van der Waals surface area contributed by atoms with Crippen molar-refractivity contribution in [3.05, 3.63) is 33.9 Å². The Balaban J connectivity index is 2.97. The van der Waals surface area contributed by atoms with Crippen LogP contribution in [-0.2, 0) is 6.54 Å². The van der Waals surface area contributed by atoms with Crippen LogP contribution in [0.5, 0.6) is 0 Å². The highest BCUT2D eigenvalue weighted by Gasteiger charge is 2.17. The number of nitrogens with two attached hydrogens (primary N) is 1. The van der Waals surface area contributed by atoms with Crippen molar-refractivity contribution in [1.29, 1.82) is 0 Å². The Labute approximate surface area is 119 Å². The molecule has 112 valence electrons. The topological polar surface area (TPSA) is 92.6 Å². The summed E-state index contributed by atoms with van der Waals surface area (Å²) in [6.07, 6.45) is 1.93. The largest absolute Gasteiger partial charge is 0.398 e. The predicted molar refractivity (Wildman–Crippen MR) is 79.4 cm³/mol. The second-order valence-electron chi connectivity index (χ2n) is 4.80. The predicted octanol–water partition coefficient (Wildman–Crippen LogP) is 2.16. The second kappa shape index (κ2) is 7.81. The number of nitro benzene ring substituents is 1. The lowest BCUT2D eigenvalue weighted by molar-refractivity contribution is -0.384. The Morgan fingerprint density at radius 1 is 1.40 bits per heavy atom. The van der Waals surface area contributed by atoms with Crippen LogP contribution in [0.1, 0.15) is 32.3 Å². The number of non-ortho nitro benzene ring substituents is 1. The lowest BCUT2D eigenvalue weighted by Crippen LogP contribution is -2.36. The molecule has 0 radical (unpaired) electrons. The maximum Gasteiger partial charge on any atom is 0.269 e. The summed E-state index contributed by atoms with van der Waals surface area (Å²) in [6.45, 7) is 5.30. The van der Waals surface area contributed by atoms with Crippen molar-refractivity contribution in [2.24, 2.45) is 0 Å². The van der Waals surface area contributed by atoms with E-state index in [4.69, 9.17) is 5.73 Å². The number of anilines is 1. The quantitative estimate of drug-likeness (QED) is 0.433. The molecule has 6 heteroatoms. The van der Waals surface area contributed by atoms with Gasteiger partial charge in [0.15, 0.2) is 0 Å². The number of aliphatic hydroxyl groups is 1. The van der Waals surface area contributed by atoms with Crippen LogP contribution in [0.15, 0.2) is 18.2 Å². The first-order chi connectivity index (χ1) is 9.53. The summed E-state index contributed by atoms with van der Waals surface area (Å²) in [5.74, 6) is 0. The minimum atomic E-state index is -0.420. The SMILES string of the molecule is CCC(CC)N(CCO)Cc1cc([N+](=O)[O-])ccc1N. The van der Waals surface area contributed by atoms with Crippen molar-refractivity contribution in [3.8, 4) is 0 Å². The highest BCUT2D eigenvalue weighted by atomic mass is 16.6. The summed E-state index contributed by atoms with van der Waals surface area (Å²) in [5.41, 5.74) is 7.23. The summed E-state index contributed by atoms with van der Waals surface area (Å²) >= 11 is 0. The van der Waals surface area contributed by atoms with E-state index >= 15 is 0 Å². The third kappa shape index (κ3) is 4.18. The van der Waals surface area contributed by atoms with E-state index in [9.17, 15) is 15.2 Å². The maximum absolute atomic E-state index is 10.8. The first-order valence-electron chi connectivity index (χ1n) is 6.91. The number of nitro groups is 1. The molecular weight excluding hydrogens is 258 g/mol. The van der Waals surface area contributed by atoms with Crippen LogP contribution in [0, 0.1) is 10.1 Å². The van der Waals surface area contributed by atoms with E-state index in [-0.39, 0.29) is 12.3 Å². The van der Waals surface area contributed by atoms with E-state index in [0.717, 1.165) is 18.4 Å². The van der Waals surface area contributed by atoms with Crippen LogP contribution < -0.4 is 5.73 Å². The van der Waals surface area contributed by atoms with E-state index in [1.807, 2.05) is 0 Å². The standard InChI is InChI=1S/C14H23N3O3/c1-3-12(4-2)16(7-8-18)10-11-9-13(17(19)20)5-6-14(11)15/h5-6,9,12,18H,3-4,7-8,10,15H2,1-2H3. The fourth-order valence-corrected chi connectivity index (χ4v) is 2.39. The van der Waals surface area contributed by atoms with Crippen molar-refractivity contribution in [2.45, 2.75) is 39.3 Å². The Hall–Kier alpha value is -1.66. The van der Waals surface area contributed by atoms with Gasteiger partial charge in [0.2, 0.25) is 0 Å². The molecule has 0 bridgehead atoms. The summed E-state index contributed by atoms with van der Waals surface area (Å²) in [5, 5.41) is 20.0. The van der Waals surface area contributed by atoms with Crippen molar-refractivity contribution >= 4 is 11.4 Å². The van der Waals surface area contributed by atoms with Crippen LogP contribution >= 0.6 is 0 Å². The van der Waals surface area contributed by atoms with E-state index in [1.165, 1.54) is 12.1 Å². The number of nitrogen functional groups attached to an aromatic ring is 1. The number of hydrogen-bond acceptors (Lipinski definition) is 5. The highest BCUT2D eigenvalue weighted by molar-refractivity contribution is 5.52. The molecule has 6 nitrogen and oxygen atoms in total. The first-order valence-corrected chi connectivity index (χ1v) is 6.91. The van der Waals surface area contributed by atoms with Gasteiger partial charge in [-0.15, -0.1) is 0 Å². The van der Waals surface area contributed by atoms with Crippen molar-refractivity contribution in [3.63, 3.8) is 0 Å². The van der Waals surface area contributed by atoms with Crippen LogP contribution in [-0.4, -0.2) is 34.1 Å². The number of hydrogen-bond donors (Lipinski definition) is 2. The molecule has 20 heavy (non-hydrogen) atoms. The third-order valence-corrected chi connectivity index (χ3v) is 3.56. The molecule has 0 aliphatic heterocycles. The van der Waals surface area contributed by atoms with Gasteiger partial charge in [-0.1, -0.05) is 13.8 Å². The first kappa shape index (κ1) is 16.4. The Kier molecular flexibility index (Phi) is 6.41. The van der Waals surface area contributed by atoms with Crippen LogP contribution in [0.4, 0.5) is 11.4 Å². The van der Waals surface area contributed by atoms with Gasteiger partial charge in [0, 0.05) is 37.0 Å². The number of rotatable bonds is 8. The summed E-state index contributed by atoms with van der Waals surface area (Å²) < 4.78 is 0. The molecule has 0 unspecified atom stereocenters. The molecule has 0 heterocycles. The monoisotopic (exact) mass is 281 g/mol. The van der Waals surface area contributed by atoms with Crippen LogP contribution in [0.2, 0.25) is 0 Å². The van der Waals surface area contributed by atoms with Crippen molar-refractivity contribution < 1.29 is 10.0 Å². The number of aliphatic hydroxyl groups excluding tert-OH is 1. The van der Waals surface area contributed by atoms with Crippen molar-refractivity contribution in [2.75, 3.05) is 18.9 Å². The molecule has 0 saturated carbocycles. The molecule has 0 saturated heterocycles. The smallest absolute Gasteiger partial charge is 0.269 e. The molecule has 0 atom stereocenters. The van der Waals surface area contributed by atoms with Gasteiger partial charge in [-0.3, -0.25) is 15.0 Å². The van der Waals surface area contributed by atoms with Gasteiger partial charge >= 0.3 is 0 Å². The zero-order chi connectivity index (χ0) is 15.1. The Morgan fingerprint density at radius 3 is 2.55 bits per heavy atom. The highest BCUT2D eigenvalue weighted by Crippen LogP contribution is 2.22. The lowest BCUT2D eigenvalue weighted by Gasteiger charge is -2.30. The van der Waals surface area contributed by atoms with Gasteiger partial charge in [-0.05, 0) is 24.5 Å².